The Morgan fingerprint density at radius 1 is 1.30 bits per heavy atom. The number of benzene rings is 1. The third kappa shape index (κ3) is 4.61. The van der Waals surface area contributed by atoms with Crippen molar-refractivity contribution in [2.24, 2.45) is 0 Å². The highest BCUT2D eigenvalue weighted by atomic mass is 32.2. The third-order valence-electron chi connectivity index (χ3n) is 4.11. The topological polar surface area (TPSA) is 73.2 Å². The van der Waals surface area contributed by atoms with E-state index in [4.69, 9.17) is 4.74 Å². The second-order valence-electron chi connectivity index (χ2n) is 6.24. The molecule has 144 valence electrons. The second-order valence-corrected chi connectivity index (χ2v) is 7.97. The van der Waals surface area contributed by atoms with E-state index in [0.717, 1.165) is 17.8 Å². The number of aryl methyl sites for hydroxylation is 1. The van der Waals surface area contributed by atoms with E-state index in [9.17, 15) is 17.2 Å². The molecule has 0 amide bonds. The monoisotopic (exact) mass is 395 g/mol. The lowest BCUT2D eigenvalue weighted by molar-refractivity contribution is 0.108. The van der Waals surface area contributed by atoms with Gasteiger partial charge in [-0.1, -0.05) is 12.1 Å². The van der Waals surface area contributed by atoms with Gasteiger partial charge in [0.2, 0.25) is 10.0 Å². The summed E-state index contributed by atoms with van der Waals surface area (Å²) >= 11 is 0. The summed E-state index contributed by atoms with van der Waals surface area (Å²) in [7, 11) is -2.27. The summed E-state index contributed by atoms with van der Waals surface area (Å²) in [6.45, 7) is 1.87. The number of hydrogen-bond donors (Lipinski definition) is 1. The number of imidazole rings is 1. The molecular formula is C18H19F2N3O3S. The van der Waals surface area contributed by atoms with Crippen molar-refractivity contribution in [2.75, 3.05) is 7.11 Å². The molecule has 1 aromatic heterocycles. The number of ether oxygens (including phenoxy) is 1. The Morgan fingerprint density at radius 2 is 2.07 bits per heavy atom. The summed E-state index contributed by atoms with van der Waals surface area (Å²) in [5, 5.41) is 0. The largest absolute Gasteiger partial charge is 0.375 e. The lowest BCUT2D eigenvalue weighted by Gasteiger charge is -2.26. The Hall–Kier alpha value is -2.52. The molecule has 0 fully saturated rings. The molecule has 0 bridgehead atoms. The van der Waals surface area contributed by atoms with Crippen molar-refractivity contribution in [3.63, 3.8) is 0 Å². The molecule has 6 nitrogen and oxygen atoms in total. The van der Waals surface area contributed by atoms with Crippen LogP contribution in [-0.2, 0) is 20.5 Å². The van der Waals surface area contributed by atoms with Gasteiger partial charge in [0, 0.05) is 19.0 Å². The first-order chi connectivity index (χ1) is 12.8. The van der Waals surface area contributed by atoms with Crippen molar-refractivity contribution in [1.29, 1.82) is 0 Å². The molecule has 1 aromatic carbocycles. The third-order valence-corrected chi connectivity index (χ3v) is 5.37. The molecule has 9 heteroatoms. The van der Waals surface area contributed by atoms with Gasteiger partial charge in [-0.05, 0) is 36.8 Å². The van der Waals surface area contributed by atoms with E-state index in [-0.39, 0.29) is 11.6 Å². The Balaban J connectivity index is 1.73. The van der Waals surface area contributed by atoms with Gasteiger partial charge in [-0.2, -0.15) is 0 Å². The zero-order valence-electron chi connectivity index (χ0n) is 14.8. The number of allylic oxidation sites excluding steroid dienone is 1. The van der Waals surface area contributed by atoms with Gasteiger partial charge in [0.1, 0.15) is 6.10 Å². The van der Waals surface area contributed by atoms with Gasteiger partial charge in [0.25, 0.3) is 0 Å². The molecule has 1 aliphatic rings. The van der Waals surface area contributed by atoms with Gasteiger partial charge < -0.3 is 9.30 Å². The van der Waals surface area contributed by atoms with Crippen LogP contribution < -0.4 is 4.72 Å². The number of nitrogens with one attached hydrogen (secondary N) is 1. The van der Waals surface area contributed by atoms with Gasteiger partial charge in [-0.15, -0.1) is 0 Å². The van der Waals surface area contributed by atoms with Crippen LogP contribution in [0.4, 0.5) is 8.78 Å². The maximum Gasteiger partial charge on any atom is 0.236 e. The molecule has 0 saturated heterocycles. The van der Waals surface area contributed by atoms with Crippen LogP contribution in [0.5, 0.6) is 0 Å². The molecule has 1 N–H and O–H groups in total. The summed E-state index contributed by atoms with van der Waals surface area (Å²) < 4.78 is 60.8. The van der Waals surface area contributed by atoms with Crippen molar-refractivity contribution in [3.05, 3.63) is 77.5 Å². The van der Waals surface area contributed by atoms with Gasteiger partial charge in [0.05, 0.1) is 23.8 Å². The minimum atomic E-state index is -3.81. The molecule has 1 aliphatic carbocycles. The quantitative estimate of drug-likeness (QED) is 0.816. The van der Waals surface area contributed by atoms with Crippen LogP contribution in [0.1, 0.15) is 17.3 Å². The summed E-state index contributed by atoms with van der Waals surface area (Å²) in [6.07, 6.45) is 8.26. The van der Waals surface area contributed by atoms with Crippen LogP contribution in [0.25, 0.3) is 0 Å². The molecule has 1 heterocycles. The van der Waals surface area contributed by atoms with Crippen molar-refractivity contribution in [2.45, 2.75) is 24.8 Å². The average molecular weight is 395 g/mol. The Morgan fingerprint density at radius 3 is 2.70 bits per heavy atom. The number of hydrogen-bond acceptors (Lipinski definition) is 4. The highest BCUT2D eigenvalue weighted by molar-refractivity contribution is 7.88. The van der Waals surface area contributed by atoms with E-state index >= 15 is 0 Å². The smallest absolute Gasteiger partial charge is 0.236 e. The van der Waals surface area contributed by atoms with Gasteiger partial charge in [-0.25, -0.2) is 22.2 Å². The standard InChI is InChI=1S/C18H19F2N3O3S/c1-12-9-23(11-21-12)17-6-4-14(8-18(17)26-2)22-27(24,25)10-13-3-5-15(19)16(20)7-13/h3-9,11,17-18,22H,10H2,1-2H3. The summed E-state index contributed by atoms with van der Waals surface area (Å²) in [5.41, 5.74) is 1.36. The van der Waals surface area contributed by atoms with Gasteiger partial charge in [0.15, 0.2) is 11.6 Å². The first kappa shape index (κ1) is 19.2. The lowest BCUT2D eigenvalue weighted by atomic mass is 10.0. The fourth-order valence-electron chi connectivity index (χ4n) is 2.86. The van der Waals surface area contributed by atoms with Crippen LogP contribution in [0.2, 0.25) is 0 Å². The summed E-state index contributed by atoms with van der Waals surface area (Å²) in [6, 6.07) is 2.85. The molecule has 0 saturated carbocycles. The predicted molar refractivity (Wildman–Crippen MR) is 96.1 cm³/mol. The van der Waals surface area contributed by atoms with E-state index in [2.05, 4.69) is 9.71 Å². The van der Waals surface area contributed by atoms with Crippen LogP contribution in [-0.4, -0.2) is 31.2 Å². The number of nitrogens with zero attached hydrogens (tertiary/aromatic N) is 2. The van der Waals surface area contributed by atoms with Crippen LogP contribution in [0.3, 0.4) is 0 Å². The number of halogens is 2. The molecule has 0 spiro atoms. The first-order valence-electron chi connectivity index (χ1n) is 8.15. The van der Waals surface area contributed by atoms with E-state index < -0.39 is 33.5 Å². The zero-order chi connectivity index (χ0) is 19.6. The molecule has 3 rings (SSSR count). The van der Waals surface area contributed by atoms with Crippen LogP contribution in [0, 0.1) is 18.6 Å². The molecule has 2 unspecified atom stereocenters. The minimum absolute atomic E-state index is 0.150. The Bertz CT molecular complexity index is 999. The van der Waals surface area contributed by atoms with E-state index in [1.54, 1.807) is 18.5 Å². The number of rotatable bonds is 6. The number of methoxy groups -OCH3 is 1. The van der Waals surface area contributed by atoms with Gasteiger partial charge >= 0.3 is 0 Å². The normalized spacial score (nSPS) is 19.8. The highest BCUT2D eigenvalue weighted by Gasteiger charge is 2.24. The van der Waals surface area contributed by atoms with E-state index in [0.29, 0.717) is 5.70 Å². The van der Waals surface area contributed by atoms with Crippen molar-refractivity contribution in [1.82, 2.24) is 14.3 Å². The van der Waals surface area contributed by atoms with Gasteiger partial charge in [-0.3, -0.25) is 4.72 Å². The molecule has 27 heavy (non-hydrogen) atoms. The minimum Gasteiger partial charge on any atom is -0.375 e. The van der Waals surface area contributed by atoms with Crippen molar-refractivity contribution < 1.29 is 21.9 Å². The predicted octanol–water partition coefficient (Wildman–Crippen LogP) is 2.60. The lowest BCUT2D eigenvalue weighted by Crippen LogP contribution is -2.30. The fraction of sp³-hybridized carbons (Fsp3) is 0.278. The summed E-state index contributed by atoms with van der Waals surface area (Å²) in [5.74, 6) is -2.58. The average Bonchev–Trinajstić information content (AvgIpc) is 3.03. The SMILES string of the molecule is COC1C=C(NS(=O)(=O)Cc2ccc(F)c(F)c2)C=CC1n1cnc(C)c1. The molecule has 2 aromatic rings. The van der Waals surface area contributed by atoms with E-state index in [1.807, 2.05) is 23.8 Å². The molecule has 0 aliphatic heterocycles. The molecule has 2 atom stereocenters. The van der Waals surface area contributed by atoms with Crippen LogP contribution >= 0.6 is 0 Å². The summed E-state index contributed by atoms with van der Waals surface area (Å²) in [4.78, 5) is 4.18. The maximum absolute atomic E-state index is 13.3. The maximum atomic E-state index is 13.3. The number of aromatic nitrogens is 2. The van der Waals surface area contributed by atoms with Crippen LogP contribution in [0.15, 0.2) is 54.6 Å². The highest BCUT2D eigenvalue weighted by Crippen LogP contribution is 2.24. The molecular weight excluding hydrogens is 376 g/mol. The number of sulfonamides is 1. The Kier molecular flexibility index (Phi) is 5.43. The van der Waals surface area contributed by atoms with E-state index in [1.165, 1.54) is 13.2 Å². The zero-order valence-corrected chi connectivity index (χ0v) is 15.6. The Labute approximate surface area is 156 Å². The van der Waals surface area contributed by atoms with Crippen molar-refractivity contribution in [3.8, 4) is 0 Å². The fourth-order valence-corrected chi connectivity index (χ4v) is 4.04. The molecule has 0 radical (unpaired) electrons. The van der Waals surface area contributed by atoms with Crippen molar-refractivity contribution >= 4 is 10.0 Å². The second kappa shape index (κ2) is 7.61. The first-order valence-corrected chi connectivity index (χ1v) is 9.80.